The Morgan fingerprint density at radius 3 is 2.89 bits per heavy atom. The number of aliphatic hydroxyl groups excluding tert-OH is 1. The molecule has 0 spiro atoms. The Morgan fingerprint density at radius 1 is 1.33 bits per heavy atom. The third-order valence-corrected chi connectivity index (χ3v) is 2.53. The maximum absolute atomic E-state index is 11.6. The molecule has 0 atom stereocenters. The normalized spacial score (nSPS) is 10.3. The van der Waals surface area contributed by atoms with Gasteiger partial charge in [0, 0.05) is 12.1 Å². The van der Waals surface area contributed by atoms with E-state index >= 15 is 0 Å². The van der Waals surface area contributed by atoms with Gasteiger partial charge in [-0.25, -0.2) is 0 Å². The van der Waals surface area contributed by atoms with E-state index in [0.717, 1.165) is 11.1 Å². The number of hydrogen-bond donors (Lipinski definition) is 2. The zero-order chi connectivity index (χ0) is 13.0. The number of aryl methyl sites for hydroxylation is 1. The molecule has 0 aliphatic heterocycles. The van der Waals surface area contributed by atoms with Crippen LogP contribution in [-0.2, 0) is 0 Å². The summed E-state index contributed by atoms with van der Waals surface area (Å²) in [5.41, 5.74) is 2.08. The first kappa shape index (κ1) is 12.4. The van der Waals surface area contributed by atoms with Crippen LogP contribution in [0.2, 0.25) is 0 Å². The summed E-state index contributed by atoms with van der Waals surface area (Å²) in [6, 6.07) is 11.3. The lowest BCUT2D eigenvalue weighted by atomic mass is 10.1. The van der Waals surface area contributed by atoms with Crippen molar-refractivity contribution in [2.75, 3.05) is 13.2 Å². The highest BCUT2D eigenvalue weighted by atomic mass is 16.4. The molecule has 2 N–H and O–H groups in total. The molecule has 1 heterocycles. The van der Waals surface area contributed by atoms with Crippen molar-refractivity contribution in [1.29, 1.82) is 0 Å². The molecular formula is C14H15NO3. The van der Waals surface area contributed by atoms with Crippen LogP contribution in [0.5, 0.6) is 0 Å². The number of rotatable bonds is 4. The number of carbonyl (C=O) groups excluding carboxylic acids is 1. The first-order valence-corrected chi connectivity index (χ1v) is 5.76. The van der Waals surface area contributed by atoms with Gasteiger partial charge in [-0.05, 0) is 25.1 Å². The second kappa shape index (κ2) is 5.51. The summed E-state index contributed by atoms with van der Waals surface area (Å²) in [4.78, 5) is 11.6. The fourth-order valence-corrected chi connectivity index (χ4v) is 1.67. The molecule has 0 unspecified atom stereocenters. The molecule has 18 heavy (non-hydrogen) atoms. The van der Waals surface area contributed by atoms with Gasteiger partial charge in [0.25, 0.3) is 5.91 Å². The number of hydrogen-bond acceptors (Lipinski definition) is 3. The van der Waals surface area contributed by atoms with Crippen molar-refractivity contribution in [3.05, 3.63) is 47.7 Å². The Hall–Kier alpha value is -2.07. The fraction of sp³-hybridized carbons (Fsp3) is 0.214. The largest absolute Gasteiger partial charge is 0.451 e. The highest BCUT2D eigenvalue weighted by Gasteiger charge is 2.11. The smallest absolute Gasteiger partial charge is 0.287 e. The summed E-state index contributed by atoms with van der Waals surface area (Å²) in [6.07, 6.45) is 0. The van der Waals surface area contributed by atoms with Crippen molar-refractivity contribution >= 4 is 5.91 Å². The van der Waals surface area contributed by atoms with Crippen molar-refractivity contribution in [3.8, 4) is 11.3 Å². The van der Waals surface area contributed by atoms with Gasteiger partial charge in [0.2, 0.25) is 0 Å². The number of carbonyl (C=O) groups is 1. The number of amides is 1. The van der Waals surface area contributed by atoms with Crippen molar-refractivity contribution < 1.29 is 14.3 Å². The summed E-state index contributed by atoms with van der Waals surface area (Å²) in [5.74, 6) is 0.593. The molecule has 1 aromatic heterocycles. The standard InChI is InChI=1S/C14H15NO3/c1-10-3-2-4-11(9-10)12-5-6-13(18-12)14(17)15-7-8-16/h2-6,9,16H,7-8H2,1H3,(H,15,17). The van der Waals surface area contributed by atoms with Gasteiger partial charge in [0.05, 0.1) is 6.61 Å². The minimum atomic E-state index is -0.317. The quantitative estimate of drug-likeness (QED) is 0.865. The molecule has 0 aliphatic rings. The minimum absolute atomic E-state index is 0.0861. The molecule has 0 saturated heterocycles. The van der Waals surface area contributed by atoms with Gasteiger partial charge in [-0.15, -0.1) is 0 Å². The minimum Gasteiger partial charge on any atom is -0.451 e. The van der Waals surface area contributed by atoms with Crippen molar-refractivity contribution in [3.63, 3.8) is 0 Å². The van der Waals surface area contributed by atoms with E-state index in [0.29, 0.717) is 5.76 Å². The van der Waals surface area contributed by atoms with Crippen LogP contribution in [0.4, 0.5) is 0 Å². The highest BCUT2D eigenvalue weighted by molar-refractivity contribution is 5.92. The van der Waals surface area contributed by atoms with Crippen LogP contribution in [0, 0.1) is 6.92 Å². The number of nitrogens with one attached hydrogen (secondary N) is 1. The molecule has 2 rings (SSSR count). The Balaban J connectivity index is 2.17. The van der Waals surface area contributed by atoms with E-state index in [-0.39, 0.29) is 24.8 Å². The van der Waals surface area contributed by atoms with Crippen LogP contribution in [0.3, 0.4) is 0 Å². The lowest BCUT2D eigenvalue weighted by Gasteiger charge is -2.00. The summed E-state index contributed by atoms with van der Waals surface area (Å²) in [5, 5.41) is 11.2. The van der Waals surface area contributed by atoms with Crippen LogP contribution < -0.4 is 5.32 Å². The second-order valence-electron chi connectivity index (χ2n) is 4.01. The van der Waals surface area contributed by atoms with Gasteiger partial charge in [0.15, 0.2) is 5.76 Å². The third-order valence-electron chi connectivity index (χ3n) is 2.53. The van der Waals surface area contributed by atoms with Crippen molar-refractivity contribution in [2.45, 2.75) is 6.92 Å². The Morgan fingerprint density at radius 2 is 2.17 bits per heavy atom. The second-order valence-corrected chi connectivity index (χ2v) is 4.01. The molecule has 4 heteroatoms. The van der Waals surface area contributed by atoms with E-state index in [1.54, 1.807) is 12.1 Å². The first-order valence-electron chi connectivity index (χ1n) is 5.76. The topological polar surface area (TPSA) is 62.5 Å². The van der Waals surface area contributed by atoms with Gasteiger partial charge < -0.3 is 14.8 Å². The molecule has 0 aliphatic carbocycles. The maximum Gasteiger partial charge on any atom is 0.287 e. The van der Waals surface area contributed by atoms with Crippen LogP contribution in [0.1, 0.15) is 16.1 Å². The zero-order valence-corrected chi connectivity index (χ0v) is 10.1. The molecule has 0 fully saturated rings. The van der Waals surface area contributed by atoms with Crippen LogP contribution in [0.15, 0.2) is 40.8 Å². The van der Waals surface area contributed by atoms with E-state index in [2.05, 4.69) is 5.32 Å². The summed E-state index contributed by atoms with van der Waals surface area (Å²) >= 11 is 0. The lowest BCUT2D eigenvalue weighted by Crippen LogP contribution is -2.25. The number of benzene rings is 1. The maximum atomic E-state index is 11.6. The number of furan rings is 1. The van der Waals surface area contributed by atoms with Crippen LogP contribution >= 0.6 is 0 Å². The summed E-state index contributed by atoms with van der Waals surface area (Å²) in [6.45, 7) is 2.14. The van der Waals surface area contributed by atoms with Crippen LogP contribution in [0.25, 0.3) is 11.3 Å². The predicted molar refractivity (Wildman–Crippen MR) is 68.3 cm³/mol. The van der Waals surface area contributed by atoms with Gasteiger partial charge in [-0.1, -0.05) is 23.8 Å². The Labute approximate surface area is 105 Å². The third kappa shape index (κ3) is 2.78. The highest BCUT2D eigenvalue weighted by Crippen LogP contribution is 2.22. The summed E-state index contributed by atoms with van der Waals surface area (Å²) < 4.78 is 5.49. The SMILES string of the molecule is Cc1cccc(-c2ccc(C(=O)NCCO)o2)c1. The molecule has 4 nitrogen and oxygen atoms in total. The van der Waals surface area contributed by atoms with E-state index in [9.17, 15) is 4.79 Å². The van der Waals surface area contributed by atoms with E-state index in [4.69, 9.17) is 9.52 Å². The van der Waals surface area contributed by atoms with E-state index < -0.39 is 0 Å². The monoisotopic (exact) mass is 245 g/mol. The van der Waals surface area contributed by atoms with Crippen LogP contribution in [-0.4, -0.2) is 24.2 Å². The Kier molecular flexibility index (Phi) is 3.79. The summed E-state index contributed by atoms with van der Waals surface area (Å²) in [7, 11) is 0. The predicted octanol–water partition coefficient (Wildman–Crippen LogP) is 1.98. The first-order chi connectivity index (χ1) is 8.70. The molecule has 1 aromatic carbocycles. The molecule has 0 radical (unpaired) electrons. The molecule has 0 saturated carbocycles. The molecule has 94 valence electrons. The van der Waals surface area contributed by atoms with Gasteiger partial charge in [0.1, 0.15) is 5.76 Å². The number of aliphatic hydroxyl groups is 1. The lowest BCUT2D eigenvalue weighted by molar-refractivity contribution is 0.0918. The average Bonchev–Trinajstić information content (AvgIpc) is 2.85. The zero-order valence-electron chi connectivity index (χ0n) is 10.1. The molecule has 1 amide bonds. The fourth-order valence-electron chi connectivity index (χ4n) is 1.67. The van der Waals surface area contributed by atoms with E-state index in [1.165, 1.54) is 0 Å². The Bertz CT molecular complexity index is 545. The molecule has 2 aromatic rings. The van der Waals surface area contributed by atoms with E-state index in [1.807, 2.05) is 31.2 Å². The van der Waals surface area contributed by atoms with Crippen molar-refractivity contribution in [1.82, 2.24) is 5.32 Å². The van der Waals surface area contributed by atoms with Crippen molar-refractivity contribution in [2.24, 2.45) is 0 Å². The molecule has 0 bridgehead atoms. The molecular weight excluding hydrogens is 230 g/mol. The van der Waals surface area contributed by atoms with Gasteiger partial charge in [-0.3, -0.25) is 4.79 Å². The van der Waals surface area contributed by atoms with Gasteiger partial charge >= 0.3 is 0 Å². The van der Waals surface area contributed by atoms with Gasteiger partial charge in [-0.2, -0.15) is 0 Å². The average molecular weight is 245 g/mol.